The first-order valence-electron chi connectivity index (χ1n) is 13.6. The van der Waals surface area contributed by atoms with Crippen LogP contribution in [0.1, 0.15) is 64.1 Å². The molecule has 1 aromatic rings. The molecule has 5 rings (SSSR count). The Bertz CT molecular complexity index is 1200. The lowest BCUT2D eigenvalue weighted by Crippen LogP contribution is -2.47. The Labute approximate surface area is 223 Å². The van der Waals surface area contributed by atoms with Crippen molar-refractivity contribution in [1.29, 1.82) is 0 Å². The highest BCUT2D eigenvalue weighted by molar-refractivity contribution is 6.17. The van der Waals surface area contributed by atoms with Crippen molar-refractivity contribution >= 4 is 29.2 Å². The average Bonchev–Trinajstić information content (AvgIpc) is 3.52. The Hall–Kier alpha value is -3.27. The zero-order chi connectivity index (χ0) is 27.0. The van der Waals surface area contributed by atoms with Crippen molar-refractivity contribution in [3.63, 3.8) is 0 Å². The number of rotatable bonds is 6. The molecule has 3 heterocycles. The molecule has 2 saturated heterocycles. The van der Waals surface area contributed by atoms with E-state index >= 15 is 0 Å². The van der Waals surface area contributed by atoms with E-state index in [-0.39, 0.29) is 47.5 Å². The van der Waals surface area contributed by atoms with Crippen LogP contribution >= 0.6 is 0 Å². The minimum absolute atomic E-state index is 0.0100. The first-order valence-corrected chi connectivity index (χ1v) is 13.6. The van der Waals surface area contributed by atoms with E-state index in [4.69, 9.17) is 15.2 Å². The van der Waals surface area contributed by atoms with Gasteiger partial charge in [0.05, 0.1) is 17.7 Å². The van der Waals surface area contributed by atoms with E-state index in [1.54, 1.807) is 6.07 Å². The van der Waals surface area contributed by atoms with Crippen molar-refractivity contribution in [3.8, 4) is 5.88 Å². The molecule has 38 heavy (non-hydrogen) atoms. The molecule has 2 saturated carbocycles. The summed E-state index contributed by atoms with van der Waals surface area (Å²) in [6.45, 7) is 8.09. The number of Topliss-reactive ketones (excluding diaryl/α,β-unsaturated/α-hetero) is 2. The first kappa shape index (κ1) is 26.3. The third-order valence-electron chi connectivity index (χ3n) is 8.67. The van der Waals surface area contributed by atoms with Crippen LogP contribution in [-0.2, 0) is 14.3 Å². The normalized spacial score (nSPS) is 29.6. The number of cyclic esters (lactones) is 1. The Morgan fingerprint density at radius 3 is 2.71 bits per heavy atom. The van der Waals surface area contributed by atoms with Crippen molar-refractivity contribution < 1.29 is 23.9 Å². The SMILES string of the molecule is C=C(C)C1CCC(=O)[C@]2(CCC/C(=C(/N)c3nc(OC[C@@H]4CCCN4C)cc(N4CCOC4=O)n3)C2=O)C1. The standard InChI is InChI=1S/C28H37N5O5/c1-17(2)18-8-9-21(34)28(15-18)10-4-7-20(25(28)35)24(29)26-30-22(33-12-13-37-27(33)36)14-23(31-26)38-16-19-6-5-11-32(19)3/h14,18-19H,1,4-13,15-16,29H2,2-3H3/b24-20-/t18?,19-,28-/m0/s1. The molecule has 10 heteroatoms. The average molecular weight is 524 g/mol. The van der Waals surface area contributed by atoms with Crippen molar-refractivity contribution in [1.82, 2.24) is 14.9 Å². The van der Waals surface area contributed by atoms with Crippen molar-refractivity contribution in [2.24, 2.45) is 17.1 Å². The summed E-state index contributed by atoms with van der Waals surface area (Å²) in [5, 5.41) is 0. The lowest BCUT2D eigenvalue weighted by molar-refractivity contribution is -0.144. The summed E-state index contributed by atoms with van der Waals surface area (Å²) in [6.07, 6.45) is 4.84. The summed E-state index contributed by atoms with van der Waals surface area (Å²) >= 11 is 0. The summed E-state index contributed by atoms with van der Waals surface area (Å²) in [5.41, 5.74) is 7.06. The Morgan fingerprint density at radius 2 is 2.03 bits per heavy atom. The summed E-state index contributed by atoms with van der Waals surface area (Å²) in [5.74, 6) is 0.613. The number of hydrogen-bond donors (Lipinski definition) is 1. The molecule has 0 bridgehead atoms. The Morgan fingerprint density at radius 1 is 1.21 bits per heavy atom. The molecule has 4 fully saturated rings. The quantitative estimate of drug-likeness (QED) is 0.339. The molecule has 1 aromatic heterocycles. The molecule has 10 nitrogen and oxygen atoms in total. The van der Waals surface area contributed by atoms with Gasteiger partial charge in [-0.25, -0.2) is 9.78 Å². The molecule has 2 aliphatic heterocycles. The molecule has 1 amide bonds. The van der Waals surface area contributed by atoms with E-state index in [2.05, 4.69) is 28.5 Å². The summed E-state index contributed by atoms with van der Waals surface area (Å²) in [7, 11) is 2.07. The zero-order valence-corrected chi connectivity index (χ0v) is 22.3. The second-order valence-electron chi connectivity index (χ2n) is 11.1. The van der Waals surface area contributed by atoms with Crippen LogP contribution < -0.4 is 15.4 Å². The summed E-state index contributed by atoms with van der Waals surface area (Å²) < 4.78 is 11.2. The van der Waals surface area contributed by atoms with Crippen LogP contribution in [-0.4, -0.2) is 71.9 Å². The molecule has 0 radical (unpaired) electrons. The van der Waals surface area contributed by atoms with Gasteiger partial charge in [-0.2, -0.15) is 4.98 Å². The van der Waals surface area contributed by atoms with E-state index in [0.717, 1.165) is 31.4 Å². The van der Waals surface area contributed by atoms with Gasteiger partial charge in [-0.05, 0) is 71.4 Å². The molecule has 2 aliphatic carbocycles. The van der Waals surface area contributed by atoms with Gasteiger partial charge in [0.25, 0.3) is 0 Å². The number of amides is 1. The van der Waals surface area contributed by atoms with Crippen molar-refractivity contribution in [3.05, 3.63) is 29.6 Å². The highest BCUT2D eigenvalue weighted by Crippen LogP contribution is 2.48. The second kappa shape index (κ2) is 10.5. The topological polar surface area (TPSA) is 128 Å². The fourth-order valence-corrected chi connectivity index (χ4v) is 6.26. The van der Waals surface area contributed by atoms with Gasteiger partial charge < -0.3 is 20.1 Å². The number of carbonyl (C=O) groups excluding carboxylic acids is 3. The van der Waals surface area contributed by atoms with Crippen molar-refractivity contribution in [2.75, 3.05) is 38.3 Å². The van der Waals surface area contributed by atoms with Gasteiger partial charge in [0.15, 0.2) is 11.6 Å². The van der Waals surface area contributed by atoms with E-state index in [1.807, 2.05) is 6.92 Å². The maximum atomic E-state index is 13.9. The lowest BCUT2D eigenvalue weighted by Gasteiger charge is -2.42. The molecule has 1 unspecified atom stereocenters. The highest BCUT2D eigenvalue weighted by atomic mass is 16.6. The highest BCUT2D eigenvalue weighted by Gasteiger charge is 2.52. The maximum Gasteiger partial charge on any atom is 0.415 e. The number of carbonyl (C=O) groups is 3. The van der Waals surface area contributed by atoms with Crippen LogP contribution in [0.4, 0.5) is 10.6 Å². The lowest BCUT2D eigenvalue weighted by atomic mass is 9.59. The van der Waals surface area contributed by atoms with Crippen molar-refractivity contribution in [2.45, 2.75) is 64.3 Å². The number of likely N-dealkylation sites (tertiary alicyclic amines) is 1. The fourth-order valence-electron chi connectivity index (χ4n) is 6.26. The molecular formula is C28H37N5O5. The molecule has 204 valence electrons. The van der Waals surface area contributed by atoms with E-state index in [0.29, 0.717) is 56.6 Å². The fraction of sp³-hybridized carbons (Fsp3) is 0.607. The molecule has 1 spiro atoms. The predicted octanol–water partition coefficient (Wildman–Crippen LogP) is 3.26. The molecular weight excluding hydrogens is 486 g/mol. The van der Waals surface area contributed by atoms with Crippen LogP contribution in [0.2, 0.25) is 0 Å². The van der Waals surface area contributed by atoms with E-state index < -0.39 is 11.5 Å². The summed E-state index contributed by atoms with van der Waals surface area (Å²) in [4.78, 5) is 52.2. The Kier molecular flexibility index (Phi) is 7.26. The third-order valence-corrected chi connectivity index (χ3v) is 8.67. The summed E-state index contributed by atoms with van der Waals surface area (Å²) in [6, 6.07) is 1.87. The second-order valence-corrected chi connectivity index (χ2v) is 11.1. The van der Waals surface area contributed by atoms with Gasteiger partial charge in [-0.15, -0.1) is 0 Å². The third kappa shape index (κ3) is 4.81. The number of ketones is 2. The van der Waals surface area contributed by atoms with E-state index in [1.165, 1.54) is 4.90 Å². The van der Waals surface area contributed by atoms with Gasteiger partial charge >= 0.3 is 6.09 Å². The van der Waals surface area contributed by atoms with Crippen LogP contribution in [0, 0.1) is 11.3 Å². The van der Waals surface area contributed by atoms with Gasteiger partial charge in [0.2, 0.25) is 5.88 Å². The van der Waals surface area contributed by atoms with Crippen LogP contribution in [0.25, 0.3) is 5.70 Å². The molecule has 0 aromatic carbocycles. The number of nitrogens with zero attached hydrogens (tertiary/aromatic N) is 4. The Balaban J connectivity index is 1.49. The number of ether oxygens (including phenoxy) is 2. The smallest absolute Gasteiger partial charge is 0.415 e. The van der Waals surface area contributed by atoms with Gasteiger partial charge in [-0.1, -0.05) is 12.2 Å². The number of likely N-dealkylation sites (N-methyl/N-ethyl adjacent to an activating group) is 1. The maximum absolute atomic E-state index is 13.9. The van der Waals surface area contributed by atoms with Gasteiger partial charge in [-0.3, -0.25) is 14.5 Å². The number of hydrogen-bond acceptors (Lipinski definition) is 9. The van der Waals surface area contributed by atoms with Crippen LogP contribution in [0.15, 0.2) is 23.8 Å². The molecule has 4 aliphatic rings. The minimum Gasteiger partial charge on any atom is -0.476 e. The zero-order valence-electron chi connectivity index (χ0n) is 22.3. The van der Waals surface area contributed by atoms with Gasteiger partial charge in [0, 0.05) is 24.1 Å². The number of nitrogens with two attached hydrogens (primary N) is 1. The van der Waals surface area contributed by atoms with Crippen LogP contribution in [0.3, 0.4) is 0 Å². The number of anilines is 1. The van der Waals surface area contributed by atoms with Crippen LogP contribution in [0.5, 0.6) is 5.88 Å². The van der Waals surface area contributed by atoms with Gasteiger partial charge in [0.1, 0.15) is 24.8 Å². The first-order chi connectivity index (χ1) is 18.2. The number of aromatic nitrogens is 2. The predicted molar refractivity (Wildman–Crippen MR) is 141 cm³/mol. The van der Waals surface area contributed by atoms with E-state index in [9.17, 15) is 14.4 Å². The number of allylic oxidation sites excluding steroid dienone is 2. The molecule has 2 N–H and O–H groups in total. The molecule has 3 atom stereocenters. The minimum atomic E-state index is -1.07. The largest absolute Gasteiger partial charge is 0.476 e. The monoisotopic (exact) mass is 523 g/mol.